The predicted octanol–water partition coefficient (Wildman–Crippen LogP) is 3.99. The summed E-state index contributed by atoms with van der Waals surface area (Å²) in [6, 6.07) is 4.57. The number of aliphatic hydroxyl groups excluding tert-OH is 1. The van der Waals surface area contributed by atoms with Crippen LogP contribution >= 0.6 is 0 Å². The Morgan fingerprint density at radius 2 is 1.94 bits per heavy atom. The van der Waals surface area contributed by atoms with Crippen molar-refractivity contribution in [3.8, 4) is 0 Å². The van der Waals surface area contributed by atoms with Crippen LogP contribution in [0.3, 0.4) is 0 Å². The molecule has 0 fully saturated rings. The topological polar surface area (TPSA) is 20.2 Å². The number of aliphatic hydroxyl groups is 1. The Labute approximate surface area is 97.3 Å². The molecule has 0 amide bonds. The quantitative estimate of drug-likeness (QED) is 0.801. The summed E-state index contributed by atoms with van der Waals surface area (Å²) in [6.45, 7) is 6.19. The molecule has 1 rings (SSSR count). The second kappa shape index (κ2) is 6.00. The molecular formula is C14H21FO. The number of hydrogen-bond acceptors (Lipinski definition) is 1. The van der Waals surface area contributed by atoms with Crippen molar-refractivity contribution in [2.75, 3.05) is 0 Å². The maximum atomic E-state index is 12.9. The summed E-state index contributed by atoms with van der Waals surface area (Å²) in [6.07, 6.45) is 2.43. The van der Waals surface area contributed by atoms with Gasteiger partial charge in [-0.25, -0.2) is 4.39 Å². The Morgan fingerprint density at radius 1 is 1.25 bits per heavy atom. The van der Waals surface area contributed by atoms with Crippen molar-refractivity contribution in [3.63, 3.8) is 0 Å². The fourth-order valence-corrected chi connectivity index (χ4v) is 1.89. The van der Waals surface area contributed by atoms with Gasteiger partial charge >= 0.3 is 0 Å². The van der Waals surface area contributed by atoms with Crippen molar-refractivity contribution in [3.05, 3.63) is 35.1 Å². The molecule has 1 unspecified atom stereocenters. The van der Waals surface area contributed by atoms with Crippen LogP contribution in [0.5, 0.6) is 0 Å². The minimum Gasteiger partial charge on any atom is -0.388 e. The third-order valence-corrected chi connectivity index (χ3v) is 2.85. The molecule has 0 aromatic heterocycles. The van der Waals surface area contributed by atoms with Crippen LogP contribution in [-0.4, -0.2) is 5.11 Å². The van der Waals surface area contributed by atoms with Crippen LogP contribution in [0.1, 0.15) is 50.3 Å². The van der Waals surface area contributed by atoms with Gasteiger partial charge in [0, 0.05) is 0 Å². The standard InChI is InChI=1S/C14H21FO/c1-10(2)5-4-6-14(16)13-8-7-12(15)9-11(13)3/h7-10,14,16H,4-6H2,1-3H3. The number of hydrogen-bond donors (Lipinski definition) is 1. The van der Waals surface area contributed by atoms with Crippen molar-refractivity contribution >= 4 is 0 Å². The van der Waals surface area contributed by atoms with Gasteiger partial charge in [-0.2, -0.15) is 0 Å². The van der Waals surface area contributed by atoms with Gasteiger partial charge in [0.1, 0.15) is 5.82 Å². The van der Waals surface area contributed by atoms with E-state index in [1.165, 1.54) is 12.1 Å². The molecule has 0 bridgehead atoms. The van der Waals surface area contributed by atoms with E-state index >= 15 is 0 Å². The van der Waals surface area contributed by atoms with Crippen LogP contribution in [0.4, 0.5) is 4.39 Å². The lowest BCUT2D eigenvalue weighted by atomic mass is 9.97. The average molecular weight is 224 g/mol. The lowest BCUT2D eigenvalue weighted by Crippen LogP contribution is -2.01. The monoisotopic (exact) mass is 224 g/mol. The van der Waals surface area contributed by atoms with E-state index in [0.29, 0.717) is 5.92 Å². The third-order valence-electron chi connectivity index (χ3n) is 2.85. The van der Waals surface area contributed by atoms with Gasteiger partial charge in [-0.05, 0) is 42.5 Å². The third kappa shape index (κ3) is 3.93. The van der Waals surface area contributed by atoms with Gasteiger partial charge < -0.3 is 5.11 Å². The molecular weight excluding hydrogens is 203 g/mol. The van der Waals surface area contributed by atoms with Gasteiger partial charge in [-0.15, -0.1) is 0 Å². The molecule has 16 heavy (non-hydrogen) atoms. The lowest BCUT2D eigenvalue weighted by Gasteiger charge is -2.14. The molecule has 90 valence electrons. The highest BCUT2D eigenvalue weighted by atomic mass is 19.1. The smallest absolute Gasteiger partial charge is 0.123 e. The van der Waals surface area contributed by atoms with Crippen molar-refractivity contribution in [1.29, 1.82) is 0 Å². The highest BCUT2D eigenvalue weighted by Gasteiger charge is 2.10. The Morgan fingerprint density at radius 3 is 2.50 bits per heavy atom. The molecule has 0 spiro atoms. The Kier molecular flexibility index (Phi) is 4.94. The van der Waals surface area contributed by atoms with E-state index in [0.717, 1.165) is 30.4 Å². The molecule has 1 aromatic carbocycles. The van der Waals surface area contributed by atoms with Crippen LogP contribution in [0, 0.1) is 18.7 Å². The first-order valence-electron chi connectivity index (χ1n) is 5.95. The fraction of sp³-hybridized carbons (Fsp3) is 0.571. The molecule has 0 aliphatic rings. The van der Waals surface area contributed by atoms with Crippen LogP contribution in [0.15, 0.2) is 18.2 Å². The lowest BCUT2D eigenvalue weighted by molar-refractivity contribution is 0.161. The van der Waals surface area contributed by atoms with Crippen molar-refractivity contribution in [1.82, 2.24) is 0 Å². The van der Waals surface area contributed by atoms with E-state index in [1.807, 2.05) is 6.92 Å². The van der Waals surface area contributed by atoms with Crippen molar-refractivity contribution < 1.29 is 9.50 Å². The number of benzene rings is 1. The largest absolute Gasteiger partial charge is 0.388 e. The molecule has 0 aliphatic heterocycles. The molecule has 1 aromatic rings. The molecule has 1 atom stereocenters. The summed E-state index contributed by atoms with van der Waals surface area (Å²) in [5, 5.41) is 9.98. The Bertz CT molecular complexity index is 334. The first kappa shape index (κ1) is 13.2. The van der Waals surface area contributed by atoms with Gasteiger partial charge in [0.2, 0.25) is 0 Å². The molecule has 2 heteroatoms. The van der Waals surface area contributed by atoms with E-state index in [9.17, 15) is 9.50 Å². The molecule has 0 heterocycles. The minimum absolute atomic E-state index is 0.240. The molecule has 0 saturated heterocycles. The van der Waals surface area contributed by atoms with Gasteiger partial charge in [0.05, 0.1) is 6.10 Å². The summed E-state index contributed by atoms with van der Waals surface area (Å²) in [7, 11) is 0. The molecule has 0 saturated carbocycles. The van der Waals surface area contributed by atoms with Gasteiger partial charge in [0.15, 0.2) is 0 Å². The Balaban J connectivity index is 2.55. The highest BCUT2D eigenvalue weighted by molar-refractivity contribution is 5.28. The van der Waals surface area contributed by atoms with E-state index < -0.39 is 6.10 Å². The maximum Gasteiger partial charge on any atom is 0.123 e. The predicted molar refractivity (Wildman–Crippen MR) is 64.8 cm³/mol. The van der Waals surface area contributed by atoms with Crippen molar-refractivity contribution in [2.24, 2.45) is 5.92 Å². The van der Waals surface area contributed by atoms with Gasteiger partial charge in [-0.1, -0.05) is 32.8 Å². The van der Waals surface area contributed by atoms with Crippen LogP contribution in [-0.2, 0) is 0 Å². The van der Waals surface area contributed by atoms with Crippen LogP contribution in [0.2, 0.25) is 0 Å². The highest BCUT2D eigenvalue weighted by Crippen LogP contribution is 2.24. The zero-order chi connectivity index (χ0) is 12.1. The molecule has 0 radical (unpaired) electrons. The number of halogens is 1. The van der Waals surface area contributed by atoms with E-state index in [1.54, 1.807) is 6.07 Å². The zero-order valence-corrected chi connectivity index (χ0v) is 10.3. The second-order valence-corrected chi connectivity index (χ2v) is 4.84. The molecule has 1 N–H and O–H groups in total. The van der Waals surface area contributed by atoms with Crippen LogP contribution in [0.25, 0.3) is 0 Å². The zero-order valence-electron chi connectivity index (χ0n) is 10.3. The summed E-state index contributed by atoms with van der Waals surface area (Å²) in [4.78, 5) is 0. The molecule has 0 aliphatic carbocycles. The fourth-order valence-electron chi connectivity index (χ4n) is 1.89. The Hall–Kier alpha value is -0.890. The van der Waals surface area contributed by atoms with Gasteiger partial charge in [0.25, 0.3) is 0 Å². The van der Waals surface area contributed by atoms with Gasteiger partial charge in [-0.3, -0.25) is 0 Å². The average Bonchev–Trinajstić information content (AvgIpc) is 2.16. The summed E-state index contributed by atoms with van der Waals surface area (Å²) in [5.41, 5.74) is 1.68. The summed E-state index contributed by atoms with van der Waals surface area (Å²) >= 11 is 0. The second-order valence-electron chi connectivity index (χ2n) is 4.84. The van der Waals surface area contributed by atoms with Crippen LogP contribution < -0.4 is 0 Å². The summed E-state index contributed by atoms with van der Waals surface area (Å²) < 4.78 is 12.9. The normalized spacial score (nSPS) is 13.1. The van der Waals surface area contributed by atoms with E-state index in [-0.39, 0.29) is 5.82 Å². The van der Waals surface area contributed by atoms with E-state index in [2.05, 4.69) is 13.8 Å². The van der Waals surface area contributed by atoms with E-state index in [4.69, 9.17) is 0 Å². The number of aryl methyl sites for hydroxylation is 1. The minimum atomic E-state index is -0.459. The number of rotatable bonds is 5. The maximum absolute atomic E-state index is 12.9. The summed E-state index contributed by atoms with van der Waals surface area (Å²) in [5.74, 6) is 0.428. The molecule has 1 nitrogen and oxygen atoms in total. The SMILES string of the molecule is Cc1cc(F)ccc1C(O)CCCC(C)C. The first-order valence-corrected chi connectivity index (χ1v) is 5.95. The first-order chi connectivity index (χ1) is 7.50. The van der Waals surface area contributed by atoms with Crippen molar-refractivity contribution in [2.45, 2.75) is 46.1 Å².